The molecule has 0 aliphatic carbocycles. The molecule has 0 amide bonds. The number of aliphatic imine (C=N–C) groups is 1. The summed E-state index contributed by atoms with van der Waals surface area (Å²) < 4.78 is 0. The van der Waals surface area contributed by atoms with Crippen LogP contribution >= 0.6 is 0 Å². The third-order valence-corrected chi connectivity index (χ3v) is 3.97. The third-order valence-electron chi connectivity index (χ3n) is 3.97. The number of fused-ring (bicyclic) bond motifs is 1. The first-order chi connectivity index (χ1) is 9.65. The van der Waals surface area contributed by atoms with Gasteiger partial charge in [0, 0.05) is 12.6 Å². The van der Waals surface area contributed by atoms with E-state index in [1.165, 1.54) is 11.1 Å². The average molecular weight is 268 g/mol. The van der Waals surface area contributed by atoms with Crippen molar-refractivity contribution in [2.45, 2.75) is 32.6 Å². The summed E-state index contributed by atoms with van der Waals surface area (Å²) in [5.74, 6) is 0.407. The molecular formula is C18H24N2. The molecule has 1 aliphatic rings. The Morgan fingerprint density at radius 2 is 2.20 bits per heavy atom. The van der Waals surface area contributed by atoms with Crippen LogP contribution < -0.4 is 5.73 Å². The molecule has 106 valence electrons. The Hall–Kier alpha value is -1.67. The van der Waals surface area contributed by atoms with Crippen molar-refractivity contribution in [2.75, 3.05) is 6.54 Å². The highest BCUT2D eigenvalue weighted by Crippen LogP contribution is 2.31. The van der Waals surface area contributed by atoms with Gasteiger partial charge >= 0.3 is 0 Å². The summed E-state index contributed by atoms with van der Waals surface area (Å²) >= 11 is 0. The Morgan fingerprint density at radius 1 is 1.40 bits per heavy atom. The number of hydrogen-bond donors (Lipinski definition) is 1. The summed E-state index contributed by atoms with van der Waals surface area (Å²) in [6.45, 7) is 11.3. The molecule has 20 heavy (non-hydrogen) atoms. The van der Waals surface area contributed by atoms with Gasteiger partial charge in [0.2, 0.25) is 0 Å². The molecule has 1 atom stereocenters. The van der Waals surface area contributed by atoms with Crippen LogP contribution in [0.15, 0.2) is 41.9 Å². The Bertz CT molecular complexity index is 540. The van der Waals surface area contributed by atoms with E-state index in [4.69, 9.17) is 5.73 Å². The van der Waals surface area contributed by atoms with E-state index in [-0.39, 0.29) is 0 Å². The quantitative estimate of drug-likeness (QED) is 0.736. The molecule has 1 aromatic carbocycles. The standard InChI is InChI=1S/C18H24N2/c1-4-5-17(12-19)14(3)10-13(2)16-7-6-15-8-9-20-18(15)11-16/h6-7,9,11,17H,2-5,8,10,12,19H2,1H3. The minimum absolute atomic E-state index is 0.407. The molecule has 2 rings (SSSR count). The van der Waals surface area contributed by atoms with Gasteiger partial charge in [0.05, 0.1) is 5.69 Å². The van der Waals surface area contributed by atoms with Crippen molar-refractivity contribution in [3.05, 3.63) is 48.1 Å². The molecule has 0 spiro atoms. The van der Waals surface area contributed by atoms with Gasteiger partial charge in [-0.05, 0) is 48.1 Å². The molecule has 0 radical (unpaired) electrons. The van der Waals surface area contributed by atoms with Crippen LogP contribution in [0.1, 0.15) is 37.3 Å². The second-order valence-corrected chi connectivity index (χ2v) is 5.52. The first-order valence-corrected chi connectivity index (χ1v) is 7.37. The highest BCUT2D eigenvalue weighted by atomic mass is 14.7. The van der Waals surface area contributed by atoms with Crippen LogP contribution in [0.25, 0.3) is 5.57 Å². The predicted octanol–water partition coefficient (Wildman–Crippen LogP) is 4.28. The molecule has 2 heteroatoms. The van der Waals surface area contributed by atoms with E-state index in [2.05, 4.69) is 43.3 Å². The van der Waals surface area contributed by atoms with Crippen molar-refractivity contribution in [3.8, 4) is 0 Å². The van der Waals surface area contributed by atoms with E-state index in [0.717, 1.165) is 42.5 Å². The number of rotatable bonds is 7. The fourth-order valence-electron chi connectivity index (χ4n) is 2.68. The van der Waals surface area contributed by atoms with Crippen molar-refractivity contribution in [1.82, 2.24) is 0 Å². The normalized spacial score (nSPS) is 14.1. The van der Waals surface area contributed by atoms with E-state index in [1.54, 1.807) is 0 Å². The van der Waals surface area contributed by atoms with Gasteiger partial charge in [-0.3, -0.25) is 4.99 Å². The molecule has 1 aromatic rings. The van der Waals surface area contributed by atoms with Crippen LogP contribution in [0.5, 0.6) is 0 Å². The van der Waals surface area contributed by atoms with Crippen molar-refractivity contribution < 1.29 is 0 Å². The maximum absolute atomic E-state index is 5.84. The van der Waals surface area contributed by atoms with Crippen molar-refractivity contribution in [3.63, 3.8) is 0 Å². The largest absolute Gasteiger partial charge is 0.330 e. The monoisotopic (exact) mass is 268 g/mol. The van der Waals surface area contributed by atoms with Crippen molar-refractivity contribution in [2.24, 2.45) is 16.6 Å². The molecule has 0 saturated heterocycles. The van der Waals surface area contributed by atoms with E-state index in [0.29, 0.717) is 12.5 Å². The Morgan fingerprint density at radius 3 is 2.90 bits per heavy atom. The fraction of sp³-hybridized carbons (Fsp3) is 0.389. The highest BCUT2D eigenvalue weighted by Gasteiger charge is 2.13. The zero-order chi connectivity index (χ0) is 14.5. The van der Waals surface area contributed by atoms with Gasteiger partial charge in [0.15, 0.2) is 0 Å². The lowest BCUT2D eigenvalue weighted by molar-refractivity contribution is 0.556. The second kappa shape index (κ2) is 6.67. The number of nitrogens with zero attached hydrogens (tertiary/aromatic N) is 1. The summed E-state index contributed by atoms with van der Waals surface area (Å²) in [5, 5.41) is 0. The molecule has 0 bridgehead atoms. The first-order valence-electron chi connectivity index (χ1n) is 7.37. The Labute approximate surface area is 122 Å². The number of nitrogens with two attached hydrogens (primary N) is 1. The smallest absolute Gasteiger partial charge is 0.0667 e. The summed E-state index contributed by atoms with van der Waals surface area (Å²) in [6.07, 6.45) is 5.98. The minimum Gasteiger partial charge on any atom is -0.330 e. The number of hydrogen-bond acceptors (Lipinski definition) is 2. The summed E-state index contributed by atoms with van der Waals surface area (Å²) in [5.41, 5.74) is 11.7. The summed E-state index contributed by atoms with van der Waals surface area (Å²) in [7, 11) is 0. The Kier molecular flexibility index (Phi) is 4.91. The van der Waals surface area contributed by atoms with Gasteiger partial charge in [0.1, 0.15) is 0 Å². The summed E-state index contributed by atoms with van der Waals surface area (Å²) in [6, 6.07) is 6.42. The van der Waals surface area contributed by atoms with Crippen LogP contribution in [0, 0.1) is 5.92 Å². The van der Waals surface area contributed by atoms with Crippen LogP contribution in [0.3, 0.4) is 0 Å². The van der Waals surface area contributed by atoms with Crippen molar-refractivity contribution >= 4 is 17.5 Å². The predicted molar refractivity (Wildman–Crippen MR) is 88.5 cm³/mol. The van der Waals surface area contributed by atoms with Crippen LogP contribution in [0.4, 0.5) is 5.69 Å². The number of benzene rings is 1. The topological polar surface area (TPSA) is 38.4 Å². The minimum atomic E-state index is 0.407. The number of allylic oxidation sites excluding steroid dienone is 1. The average Bonchev–Trinajstić information content (AvgIpc) is 2.91. The van der Waals surface area contributed by atoms with Crippen LogP contribution in [-0.4, -0.2) is 12.8 Å². The SMILES string of the molecule is C=C(CC(=C)C(CN)CCC)c1ccc2c(c1)N=CC2. The van der Waals surface area contributed by atoms with Gasteiger partial charge in [-0.1, -0.05) is 44.2 Å². The molecule has 1 heterocycles. The molecule has 0 aromatic heterocycles. The van der Waals surface area contributed by atoms with Crippen molar-refractivity contribution in [1.29, 1.82) is 0 Å². The fourth-order valence-corrected chi connectivity index (χ4v) is 2.68. The van der Waals surface area contributed by atoms with Gasteiger partial charge in [-0.2, -0.15) is 0 Å². The lowest BCUT2D eigenvalue weighted by Gasteiger charge is -2.18. The zero-order valence-electron chi connectivity index (χ0n) is 12.4. The summed E-state index contributed by atoms with van der Waals surface area (Å²) in [4.78, 5) is 4.39. The van der Waals surface area contributed by atoms with Gasteiger partial charge in [-0.25, -0.2) is 0 Å². The van der Waals surface area contributed by atoms with Crippen LogP contribution in [0.2, 0.25) is 0 Å². The van der Waals surface area contributed by atoms with Crippen LogP contribution in [-0.2, 0) is 6.42 Å². The molecular weight excluding hydrogens is 244 g/mol. The second-order valence-electron chi connectivity index (χ2n) is 5.52. The zero-order valence-corrected chi connectivity index (χ0v) is 12.4. The van der Waals surface area contributed by atoms with E-state index < -0.39 is 0 Å². The lowest BCUT2D eigenvalue weighted by atomic mass is 9.89. The van der Waals surface area contributed by atoms with E-state index >= 15 is 0 Å². The molecule has 2 N–H and O–H groups in total. The maximum atomic E-state index is 5.84. The van der Waals surface area contributed by atoms with Gasteiger partial charge in [0.25, 0.3) is 0 Å². The third kappa shape index (κ3) is 3.26. The van der Waals surface area contributed by atoms with E-state index in [9.17, 15) is 0 Å². The van der Waals surface area contributed by atoms with E-state index in [1.807, 2.05) is 6.21 Å². The molecule has 1 unspecified atom stereocenters. The molecule has 1 aliphatic heterocycles. The van der Waals surface area contributed by atoms with Gasteiger partial charge in [-0.15, -0.1) is 0 Å². The maximum Gasteiger partial charge on any atom is 0.0667 e. The van der Waals surface area contributed by atoms with Gasteiger partial charge < -0.3 is 5.73 Å². The lowest BCUT2D eigenvalue weighted by Crippen LogP contribution is -2.16. The Balaban J connectivity index is 2.04. The highest BCUT2D eigenvalue weighted by molar-refractivity contribution is 5.78. The first kappa shape index (κ1) is 14.7. The molecule has 0 saturated carbocycles. The molecule has 2 nitrogen and oxygen atoms in total. The molecule has 0 fully saturated rings.